The first-order valence-corrected chi connectivity index (χ1v) is 9.94. The van der Waals surface area contributed by atoms with Crippen molar-refractivity contribution in [2.24, 2.45) is 0 Å². The lowest BCUT2D eigenvalue weighted by Gasteiger charge is -2.10. The zero-order valence-electron chi connectivity index (χ0n) is 14.9. The zero-order chi connectivity index (χ0) is 20.3. The summed E-state index contributed by atoms with van der Waals surface area (Å²) in [4.78, 5) is 38.1. The molecule has 8 heteroatoms. The van der Waals surface area contributed by atoms with Crippen molar-refractivity contribution < 1.29 is 19.1 Å². The van der Waals surface area contributed by atoms with Gasteiger partial charge in [0.05, 0.1) is 23.1 Å². The smallest absolute Gasteiger partial charge is 0.419 e. The van der Waals surface area contributed by atoms with Crippen LogP contribution in [0.25, 0.3) is 10.9 Å². The second-order valence-electron chi connectivity index (χ2n) is 5.80. The number of ketones is 1. The summed E-state index contributed by atoms with van der Waals surface area (Å²) < 4.78 is 6.33. The van der Waals surface area contributed by atoms with Gasteiger partial charge >= 0.3 is 6.09 Å². The van der Waals surface area contributed by atoms with Crippen molar-refractivity contribution >= 4 is 61.9 Å². The summed E-state index contributed by atoms with van der Waals surface area (Å²) in [7, 11) is 0. The lowest BCUT2D eigenvalue weighted by molar-refractivity contribution is -0.113. The molecule has 2 aromatic carbocycles. The van der Waals surface area contributed by atoms with E-state index in [4.69, 9.17) is 16.3 Å². The van der Waals surface area contributed by atoms with Crippen LogP contribution in [0, 0.1) is 0 Å². The first kappa shape index (κ1) is 20.1. The molecular formula is C20H16BrClN2O4. The fourth-order valence-corrected chi connectivity index (χ4v) is 3.19. The molecule has 0 atom stereocenters. The van der Waals surface area contributed by atoms with Gasteiger partial charge in [0.15, 0.2) is 0 Å². The van der Waals surface area contributed by atoms with E-state index in [1.165, 1.54) is 4.57 Å². The highest BCUT2D eigenvalue weighted by molar-refractivity contribution is 9.09. The number of carbonyl (C=O) groups is 3. The summed E-state index contributed by atoms with van der Waals surface area (Å²) >= 11 is 9.22. The molecule has 0 saturated carbocycles. The quantitative estimate of drug-likeness (QED) is 0.433. The summed E-state index contributed by atoms with van der Waals surface area (Å²) in [5.41, 5.74) is 1.00. The van der Waals surface area contributed by atoms with Gasteiger partial charge in [0, 0.05) is 16.0 Å². The Kier molecular flexibility index (Phi) is 6.16. The normalized spacial score (nSPS) is 10.7. The predicted molar refractivity (Wildman–Crippen MR) is 112 cm³/mol. The molecule has 0 unspecified atom stereocenters. The third kappa shape index (κ3) is 3.81. The maximum Gasteiger partial charge on any atom is 0.419 e. The van der Waals surface area contributed by atoms with Crippen LogP contribution in [0.15, 0.2) is 48.5 Å². The summed E-state index contributed by atoms with van der Waals surface area (Å²) in [6.07, 6.45) is -0.714. The van der Waals surface area contributed by atoms with Crippen LogP contribution in [0.3, 0.4) is 0 Å². The maximum absolute atomic E-state index is 13.3. The third-order valence-corrected chi connectivity index (χ3v) is 4.76. The minimum absolute atomic E-state index is 0.0104. The van der Waals surface area contributed by atoms with Crippen LogP contribution < -0.4 is 5.32 Å². The molecule has 0 aliphatic heterocycles. The fourth-order valence-electron chi connectivity index (χ4n) is 2.88. The number of ether oxygens (including phenoxy) is 1. The second-order valence-corrected chi connectivity index (χ2v) is 6.79. The molecule has 0 aliphatic rings. The molecule has 3 aromatic rings. The monoisotopic (exact) mass is 462 g/mol. The van der Waals surface area contributed by atoms with Crippen LogP contribution in [0.1, 0.15) is 23.0 Å². The van der Waals surface area contributed by atoms with E-state index in [1.54, 1.807) is 55.5 Å². The molecule has 3 rings (SSSR count). The number of hydrogen-bond donors (Lipinski definition) is 1. The Morgan fingerprint density at radius 1 is 1.14 bits per heavy atom. The van der Waals surface area contributed by atoms with E-state index >= 15 is 0 Å². The van der Waals surface area contributed by atoms with Gasteiger partial charge in [-0.1, -0.05) is 57.9 Å². The van der Waals surface area contributed by atoms with Gasteiger partial charge < -0.3 is 10.1 Å². The van der Waals surface area contributed by atoms with Crippen LogP contribution in [0.5, 0.6) is 0 Å². The van der Waals surface area contributed by atoms with Crippen LogP contribution in [-0.4, -0.2) is 34.3 Å². The number of amides is 1. The molecular weight excluding hydrogens is 448 g/mol. The molecule has 0 fully saturated rings. The number of nitrogens with one attached hydrogen (secondary N) is 1. The van der Waals surface area contributed by atoms with Crippen molar-refractivity contribution in [3.63, 3.8) is 0 Å². The Bertz CT molecular complexity index is 1060. The fraction of sp³-hybridized carbons (Fsp3) is 0.150. The van der Waals surface area contributed by atoms with Crippen molar-refractivity contribution in [3.05, 3.63) is 64.8 Å². The van der Waals surface area contributed by atoms with Crippen LogP contribution in [0.4, 0.5) is 10.5 Å². The summed E-state index contributed by atoms with van der Waals surface area (Å²) in [6.45, 7) is 1.81. The number of halogens is 2. The van der Waals surface area contributed by atoms with E-state index in [0.29, 0.717) is 21.5 Å². The average Bonchev–Trinajstić information content (AvgIpc) is 3.01. The van der Waals surface area contributed by atoms with E-state index < -0.39 is 11.9 Å². The van der Waals surface area contributed by atoms with Gasteiger partial charge in [0.1, 0.15) is 5.69 Å². The van der Waals surface area contributed by atoms with E-state index in [0.717, 1.165) is 0 Å². The molecule has 0 bridgehead atoms. The number of rotatable bonds is 5. The lowest BCUT2D eigenvalue weighted by atomic mass is 10.1. The molecule has 6 nitrogen and oxygen atoms in total. The van der Waals surface area contributed by atoms with Gasteiger partial charge in [0.2, 0.25) is 11.7 Å². The third-order valence-electron chi connectivity index (χ3n) is 4.02. The SMILES string of the molecule is CCOC(=O)n1c(C(=O)c2ccccc2)c(NC(=O)CBr)c2cc(Cl)ccc21. The van der Waals surface area contributed by atoms with Crippen molar-refractivity contribution in [3.8, 4) is 0 Å². The predicted octanol–water partition coefficient (Wildman–Crippen LogP) is 4.86. The molecule has 1 N–H and O–H groups in total. The van der Waals surface area contributed by atoms with Crippen molar-refractivity contribution in [1.82, 2.24) is 4.57 Å². The van der Waals surface area contributed by atoms with Crippen LogP contribution >= 0.6 is 27.5 Å². The number of aromatic nitrogens is 1. The number of nitrogens with zero attached hydrogens (tertiary/aromatic N) is 1. The number of carbonyl (C=O) groups excluding carboxylic acids is 3. The molecule has 144 valence electrons. The number of anilines is 1. The Morgan fingerprint density at radius 3 is 2.50 bits per heavy atom. The molecule has 1 heterocycles. The maximum atomic E-state index is 13.3. The lowest BCUT2D eigenvalue weighted by Crippen LogP contribution is -2.22. The molecule has 28 heavy (non-hydrogen) atoms. The standard InChI is InChI=1S/C20H16BrClN2O4/c1-2-28-20(27)24-15-9-8-13(22)10-14(15)17(23-16(25)11-21)18(24)19(26)12-6-4-3-5-7-12/h3-10H,2,11H2,1H3,(H,23,25). The van der Waals surface area contributed by atoms with Crippen molar-refractivity contribution in [1.29, 1.82) is 0 Å². The van der Waals surface area contributed by atoms with E-state index in [9.17, 15) is 14.4 Å². The van der Waals surface area contributed by atoms with Crippen LogP contribution in [0.2, 0.25) is 5.02 Å². The highest BCUT2D eigenvalue weighted by atomic mass is 79.9. The van der Waals surface area contributed by atoms with Gasteiger partial charge in [-0.25, -0.2) is 9.36 Å². The zero-order valence-corrected chi connectivity index (χ0v) is 17.2. The number of benzene rings is 2. The highest BCUT2D eigenvalue weighted by Crippen LogP contribution is 2.35. The first-order chi connectivity index (χ1) is 13.5. The Labute approximate surface area is 174 Å². The van der Waals surface area contributed by atoms with Crippen molar-refractivity contribution in [2.45, 2.75) is 6.92 Å². The van der Waals surface area contributed by atoms with E-state index in [1.807, 2.05) is 0 Å². The largest absolute Gasteiger partial charge is 0.449 e. The molecule has 1 aromatic heterocycles. The summed E-state index contributed by atoms with van der Waals surface area (Å²) in [6, 6.07) is 13.3. The Hall–Kier alpha value is -2.64. The Balaban J connectivity index is 2.35. The first-order valence-electron chi connectivity index (χ1n) is 8.44. The minimum atomic E-state index is -0.714. The second kappa shape index (κ2) is 8.58. The molecule has 1 amide bonds. The molecule has 0 saturated heterocycles. The van der Waals surface area contributed by atoms with Gasteiger partial charge in [-0.15, -0.1) is 0 Å². The topological polar surface area (TPSA) is 77.4 Å². The van der Waals surface area contributed by atoms with E-state index in [2.05, 4.69) is 21.2 Å². The van der Waals surface area contributed by atoms with Gasteiger partial charge in [-0.05, 0) is 25.1 Å². The minimum Gasteiger partial charge on any atom is -0.449 e. The highest BCUT2D eigenvalue weighted by Gasteiger charge is 2.28. The summed E-state index contributed by atoms with van der Waals surface area (Å²) in [5.74, 6) is -0.796. The van der Waals surface area contributed by atoms with E-state index in [-0.39, 0.29) is 29.2 Å². The summed E-state index contributed by atoms with van der Waals surface area (Å²) in [5, 5.41) is 3.60. The van der Waals surface area contributed by atoms with Crippen LogP contribution in [-0.2, 0) is 9.53 Å². The van der Waals surface area contributed by atoms with Gasteiger partial charge in [-0.2, -0.15) is 0 Å². The number of hydrogen-bond acceptors (Lipinski definition) is 4. The van der Waals surface area contributed by atoms with Crippen molar-refractivity contribution in [2.75, 3.05) is 17.3 Å². The number of fused-ring (bicyclic) bond motifs is 1. The molecule has 0 aliphatic carbocycles. The Morgan fingerprint density at radius 2 is 1.86 bits per heavy atom. The average molecular weight is 464 g/mol. The molecule has 0 radical (unpaired) electrons. The number of alkyl halides is 1. The molecule has 0 spiro atoms. The van der Waals surface area contributed by atoms with Gasteiger partial charge in [-0.3, -0.25) is 9.59 Å². The van der Waals surface area contributed by atoms with Gasteiger partial charge in [0.25, 0.3) is 0 Å².